The van der Waals surface area contributed by atoms with Crippen LogP contribution in [0.5, 0.6) is 0 Å². The van der Waals surface area contributed by atoms with Gasteiger partial charge in [-0.3, -0.25) is 4.79 Å². The van der Waals surface area contributed by atoms with Gasteiger partial charge in [-0.1, -0.05) is 0 Å². The third-order valence-corrected chi connectivity index (χ3v) is 4.94. The summed E-state index contributed by atoms with van der Waals surface area (Å²) < 4.78 is 197. The van der Waals surface area contributed by atoms with E-state index in [-0.39, 0.29) is 0 Å². The summed E-state index contributed by atoms with van der Waals surface area (Å²) in [5, 5.41) is 8.65. The van der Waals surface area contributed by atoms with Crippen molar-refractivity contribution in [3.63, 3.8) is 0 Å². The molecule has 0 heterocycles. The number of aliphatic carboxylic acids is 1. The number of rotatable bonds is 7. The molecule has 1 saturated carbocycles. The molecule has 1 fully saturated rings. The number of alkyl halides is 15. The summed E-state index contributed by atoms with van der Waals surface area (Å²) >= 11 is 0. The lowest BCUT2D eigenvalue weighted by Crippen LogP contribution is -2.73. The fraction of sp³-hybridized carbons (Fsp3) is 0.929. The molecule has 1 aliphatic rings. The monoisotopic (exact) mass is 496 g/mol. The average molecular weight is 496 g/mol. The minimum atomic E-state index is -8.30. The van der Waals surface area contributed by atoms with Crippen LogP contribution in [0.3, 0.4) is 0 Å². The second kappa shape index (κ2) is 7.49. The first-order valence-corrected chi connectivity index (χ1v) is 7.97. The number of carboxylic acids is 1. The Kier molecular flexibility index (Phi) is 6.63. The summed E-state index contributed by atoms with van der Waals surface area (Å²) in [4.78, 5) is 10.7. The largest absolute Gasteiger partial charge is 0.481 e. The predicted molar refractivity (Wildman–Crippen MR) is 68.8 cm³/mol. The Balaban J connectivity index is 3.40. The number of carbonyl (C=O) groups is 1. The standard InChI is InChI=1S/C14H11F15O2/c15-8(16,6-3-1-5(2-4-6)7(30)31)9(17,18)10(19,20)11(21,22)12(23,24)13(25,26)14(27,28)29/h5-6H,1-4H2,(H,30,31)/t5-,6-. The Labute approximate surface area is 162 Å². The van der Waals surface area contributed by atoms with Crippen LogP contribution in [0.2, 0.25) is 0 Å². The average Bonchev–Trinajstić information content (AvgIpc) is 2.59. The lowest BCUT2D eigenvalue weighted by molar-refractivity contribution is -0.455. The molecule has 0 unspecified atom stereocenters. The highest BCUT2D eigenvalue weighted by molar-refractivity contribution is 5.70. The normalized spacial score (nSPS) is 23.1. The molecular weight excluding hydrogens is 485 g/mol. The minimum Gasteiger partial charge on any atom is -0.481 e. The maximum atomic E-state index is 14.0. The van der Waals surface area contributed by atoms with Crippen LogP contribution in [0.15, 0.2) is 0 Å². The molecule has 0 bridgehead atoms. The second-order valence-corrected chi connectivity index (χ2v) is 6.88. The molecule has 0 radical (unpaired) electrons. The second-order valence-electron chi connectivity index (χ2n) is 6.88. The van der Waals surface area contributed by atoms with Crippen molar-refractivity contribution in [2.75, 3.05) is 0 Å². The number of carboxylic acid groups (broad SMARTS) is 1. The highest BCUT2D eigenvalue weighted by Gasteiger charge is 2.93. The molecular formula is C14H11F15O2. The third kappa shape index (κ3) is 3.78. The van der Waals surface area contributed by atoms with E-state index >= 15 is 0 Å². The molecule has 0 aromatic rings. The maximum Gasteiger partial charge on any atom is 0.460 e. The molecule has 0 aromatic heterocycles. The van der Waals surface area contributed by atoms with Crippen molar-refractivity contribution in [3.8, 4) is 0 Å². The van der Waals surface area contributed by atoms with E-state index in [9.17, 15) is 70.7 Å². The van der Waals surface area contributed by atoms with Crippen LogP contribution in [-0.4, -0.2) is 52.8 Å². The molecule has 17 heteroatoms. The van der Waals surface area contributed by atoms with E-state index in [1.807, 2.05) is 0 Å². The number of halogens is 15. The number of hydrogen-bond acceptors (Lipinski definition) is 1. The highest BCUT2D eigenvalue weighted by atomic mass is 19.4. The quantitative estimate of drug-likeness (QED) is 0.423. The van der Waals surface area contributed by atoms with E-state index in [0.717, 1.165) is 0 Å². The van der Waals surface area contributed by atoms with Gasteiger partial charge in [0.05, 0.1) is 5.92 Å². The van der Waals surface area contributed by atoms with Gasteiger partial charge in [-0.15, -0.1) is 0 Å². The molecule has 184 valence electrons. The van der Waals surface area contributed by atoms with Gasteiger partial charge in [0.2, 0.25) is 0 Å². The summed E-state index contributed by atoms with van der Waals surface area (Å²) in [6, 6.07) is 0. The van der Waals surface area contributed by atoms with Crippen LogP contribution in [-0.2, 0) is 4.79 Å². The fourth-order valence-electron chi connectivity index (χ4n) is 2.94. The van der Waals surface area contributed by atoms with Crippen molar-refractivity contribution in [2.24, 2.45) is 11.8 Å². The van der Waals surface area contributed by atoms with Crippen LogP contribution in [0.25, 0.3) is 0 Å². The van der Waals surface area contributed by atoms with E-state index < -0.39 is 85.2 Å². The topological polar surface area (TPSA) is 37.3 Å². The van der Waals surface area contributed by atoms with E-state index in [4.69, 9.17) is 5.11 Å². The first-order valence-electron chi connectivity index (χ1n) is 7.97. The van der Waals surface area contributed by atoms with Crippen LogP contribution in [0.1, 0.15) is 25.7 Å². The van der Waals surface area contributed by atoms with Crippen molar-refractivity contribution in [2.45, 2.75) is 67.4 Å². The summed E-state index contributed by atoms with van der Waals surface area (Å²) in [6.07, 6.45) is -11.9. The first-order chi connectivity index (χ1) is 13.4. The van der Waals surface area contributed by atoms with Crippen LogP contribution in [0, 0.1) is 11.8 Å². The Hall–Kier alpha value is -1.58. The minimum absolute atomic E-state index is 0.837. The van der Waals surface area contributed by atoms with Crippen LogP contribution >= 0.6 is 0 Å². The lowest BCUT2D eigenvalue weighted by Gasteiger charge is -2.44. The highest BCUT2D eigenvalue weighted by Crippen LogP contribution is 2.63. The Morgan fingerprint density at radius 3 is 1.19 bits per heavy atom. The van der Waals surface area contributed by atoms with Gasteiger partial charge in [0.25, 0.3) is 0 Å². The smallest absolute Gasteiger partial charge is 0.460 e. The van der Waals surface area contributed by atoms with Crippen molar-refractivity contribution in [1.82, 2.24) is 0 Å². The summed E-state index contributed by atoms with van der Waals surface area (Å²) in [5.41, 5.74) is 0. The molecule has 0 saturated heterocycles. The Morgan fingerprint density at radius 2 is 0.871 bits per heavy atom. The summed E-state index contributed by atoms with van der Waals surface area (Å²) in [6.45, 7) is 0. The van der Waals surface area contributed by atoms with Gasteiger partial charge in [-0.2, -0.15) is 65.9 Å². The Bertz CT molecular complexity index is 674. The third-order valence-electron chi connectivity index (χ3n) is 4.94. The van der Waals surface area contributed by atoms with Gasteiger partial charge in [0, 0.05) is 5.92 Å². The van der Waals surface area contributed by atoms with Crippen LogP contribution in [0.4, 0.5) is 65.9 Å². The molecule has 0 spiro atoms. The molecule has 1 rings (SSSR count). The molecule has 2 nitrogen and oxygen atoms in total. The van der Waals surface area contributed by atoms with E-state index in [1.54, 1.807) is 0 Å². The zero-order valence-corrected chi connectivity index (χ0v) is 14.5. The molecule has 1 aliphatic carbocycles. The van der Waals surface area contributed by atoms with E-state index in [0.29, 0.717) is 0 Å². The van der Waals surface area contributed by atoms with E-state index in [1.165, 1.54) is 0 Å². The van der Waals surface area contributed by atoms with Crippen molar-refractivity contribution in [1.29, 1.82) is 0 Å². The fourth-order valence-corrected chi connectivity index (χ4v) is 2.94. The molecule has 0 amide bonds. The Morgan fingerprint density at radius 1 is 0.548 bits per heavy atom. The molecule has 0 aromatic carbocycles. The molecule has 0 aliphatic heterocycles. The van der Waals surface area contributed by atoms with Gasteiger partial charge in [0.15, 0.2) is 0 Å². The zero-order valence-electron chi connectivity index (χ0n) is 14.5. The van der Waals surface area contributed by atoms with Gasteiger partial charge in [-0.05, 0) is 25.7 Å². The molecule has 0 atom stereocenters. The van der Waals surface area contributed by atoms with Gasteiger partial charge >= 0.3 is 47.7 Å². The van der Waals surface area contributed by atoms with E-state index in [2.05, 4.69) is 0 Å². The maximum absolute atomic E-state index is 14.0. The zero-order chi connectivity index (χ0) is 25.1. The molecule has 1 N–H and O–H groups in total. The van der Waals surface area contributed by atoms with Gasteiger partial charge < -0.3 is 5.11 Å². The predicted octanol–water partition coefficient (Wildman–Crippen LogP) is 6.25. The van der Waals surface area contributed by atoms with Gasteiger partial charge in [-0.25, -0.2) is 0 Å². The van der Waals surface area contributed by atoms with Crippen molar-refractivity contribution < 1.29 is 75.8 Å². The summed E-state index contributed by atoms with van der Waals surface area (Å²) in [5.74, 6) is -52.5. The SMILES string of the molecule is O=C(O)[C@H]1CC[C@H](C(F)(F)C(F)(F)C(F)(F)C(F)(F)C(F)(F)C(F)(F)C(F)(F)F)CC1. The van der Waals surface area contributed by atoms with Crippen molar-refractivity contribution >= 4 is 5.97 Å². The number of hydrogen-bond donors (Lipinski definition) is 1. The first kappa shape index (κ1) is 27.5. The lowest BCUT2D eigenvalue weighted by atomic mass is 9.75. The van der Waals surface area contributed by atoms with Gasteiger partial charge in [0.1, 0.15) is 0 Å². The summed E-state index contributed by atoms with van der Waals surface area (Å²) in [7, 11) is 0. The van der Waals surface area contributed by atoms with Crippen molar-refractivity contribution in [3.05, 3.63) is 0 Å². The van der Waals surface area contributed by atoms with Crippen LogP contribution < -0.4 is 0 Å². The molecule has 31 heavy (non-hydrogen) atoms.